The smallest absolute Gasteiger partial charge is 0.193 e. The predicted molar refractivity (Wildman–Crippen MR) is 118 cm³/mol. The maximum absolute atomic E-state index is 5.96. The standard InChI is InChI=1S/C19H26N4S.HI/c1-2-14-9-11-15(12-10-14)22-19(20)21-13-5-8-18-23-16-6-3-4-7-17(16)24-18;/h9-12H,2-8,13H2,1H3,(H3,20,21,22);1H. The highest BCUT2D eigenvalue weighted by Crippen LogP contribution is 2.27. The molecule has 0 saturated carbocycles. The summed E-state index contributed by atoms with van der Waals surface area (Å²) in [5.74, 6) is 0.484. The van der Waals surface area contributed by atoms with Gasteiger partial charge in [-0.1, -0.05) is 19.1 Å². The minimum absolute atomic E-state index is 0. The first-order valence-electron chi connectivity index (χ1n) is 8.88. The first-order chi connectivity index (χ1) is 11.7. The van der Waals surface area contributed by atoms with Crippen molar-refractivity contribution in [2.45, 2.75) is 51.9 Å². The second kappa shape index (κ2) is 10.1. The number of aryl methyl sites for hydroxylation is 4. The van der Waals surface area contributed by atoms with Crippen LogP contribution in [0.15, 0.2) is 29.3 Å². The normalized spacial score (nSPS) is 13.9. The van der Waals surface area contributed by atoms with E-state index in [9.17, 15) is 0 Å². The number of aromatic nitrogens is 1. The van der Waals surface area contributed by atoms with Gasteiger partial charge in [-0.2, -0.15) is 0 Å². The van der Waals surface area contributed by atoms with Crippen molar-refractivity contribution in [3.63, 3.8) is 0 Å². The van der Waals surface area contributed by atoms with Gasteiger partial charge in [0.25, 0.3) is 0 Å². The second-order valence-electron chi connectivity index (χ2n) is 6.23. The number of fused-ring (bicyclic) bond motifs is 1. The highest BCUT2D eigenvalue weighted by Gasteiger charge is 2.14. The fourth-order valence-corrected chi connectivity index (χ4v) is 4.15. The van der Waals surface area contributed by atoms with Gasteiger partial charge in [0.1, 0.15) is 0 Å². The van der Waals surface area contributed by atoms with E-state index in [0.717, 1.165) is 37.9 Å². The van der Waals surface area contributed by atoms with Gasteiger partial charge in [0.15, 0.2) is 5.96 Å². The molecule has 3 N–H and O–H groups in total. The molecular formula is C19H27IN4S. The van der Waals surface area contributed by atoms with E-state index in [1.807, 2.05) is 23.5 Å². The maximum Gasteiger partial charge on any atom is 0.193 e. The fraction of sp³-hybridized carbons (Fsp3) is 0.474. The number of nitrogens with two attached hydrogens (primary N) is 1. The number of thiazole rings is 1. The van der Waals surface area contributed by atoms with Crippen LogP contribution in [0.3, 0.4) is 0 Å². The van der Waals surface area contributed by atoms with Crippen LogP contribution in [-0.4, -0.2) is 17.5 Å². The number of aliphatic imine (C=N–C) groups is 1. The van der Waals surface area contributed by atoms with Gasteiger partial charge in [-0.05, 0) is 56.2 Å². The summed E-state index contributed by atoms with van der Waals surface area (Å²) in [5, 5.41) is 4.41. The summed E-state index contributed by atoms with van der Waals surface area (Å²) in [5.41, 5.74) is 9.62. The summed E-state index contributed by atoms with van der Waals surface area (Å²) in [6.07, 6.45) is 8.03. The molecule has 1 aromatic heterocycles. The molecule has 136 valence electrons. The van der Waals surface area contributed by atoms with E-state index in [1.165, 1.54) is 40.4 Å². The number of halogens is 1. The zero-order valence-corrected chi connectivity index (χ0v) is 17.9. The number of nitrogens with one attached hydrogen (secondary N) is 1. The van der Waals surface area contributed by atoms with Crippen molar-refractivity contribution in [1.29, 1.82) is 0 Å². The Hall–Kier alpha value is -1.15. The van der Waals surface area contributed by atoms with Gasteiger partial charge in [0, 0.05) is 23.5 Å². The Labute approximate surface area is 171 Å². The number of rotatable bonds is 6. The van der Waals surface area contributed by atoms with Crippen LogP contribution < -0.4 is 11.1 Å². The Balaban J connectivity index is 0.00000225. The van der Waals surface area contributed by atoms with Crippen LogP contribution in [0.5, 0.6) is 0 Å². The number of nitrogens with zero attached hydrogens (tertiary/aromatic N) is 2. The lowest BCUT2D eigenvalue weighted by molar-refractivity contribution is 0.679. The number of guanidine groups is 1. The molecule has 0 radical (unpaired) electrons. The summed E-state index contributed by atoms with van der Waals surface area (Å²) in [6.45, 7) is 2.88. The molecule has 25 heavy (non-hydrogen) atoms. The molecule has 4 nitrogen and oxygen atoms in total. The minimum Gasteiger partial charge on any atom is -0.370 e. The van der Waals surface area contributed by atoms with Crippen LogP contribution in [0.4, 0.5) is 5.69 Å². The molecule has 2 aromatic rings. The molecule has 0 aliphatic heterocycles. The van der Waals surface area contributed by atoms with E-state index in [-0.39, 0.29) is 24.0 Å². The molecule has 3 rings (SSSR count). The van der Waals surface area contributed by atoms with Gasteiger partial charge in [-0.15, -0.1) is 35.3 Å². The highest BCUT2D eigenvalue weighted by atomic mass is 127. The van der Waals surface area contributed by atoms with Gasteiger partial charge >= 0.3 is 0 Å². The maximum atomic E-state index is 5.96. The monoisotopic (exact) mass is 470 g/mol. The molecule has 1 aliphatic carbocycles. The summed E-state index contributed by atoms with van der Waals surface area (Å²) in [4.78, 5) is 10.7. The lowest BCUT2D eigenvalue weighted by Gasteiger charge is -2.06. The molecule has 1 heterocycles. The van der Waals surface area contributed by atoms with Crippen LogP contribution in [0, 0.1) is 0 Å². The molecular weight excluding hydrogens is 443 g/mol. The minimum atomic E-state index is 0. The largest absolute Gasteiger partial charge is 0.370 e. The Morgan fingerprint density at radius 2 is 2.00 bits per heavy atom. The molecule has 6 heteroatoms. The van der Waals surface area contributed by atoms with Crippen LogP contribution >= 0.6 is 35.3 Å². The molecule has 1 aliphatic rings. The SMILES string of the molecule is CCc1ccc(NC(N)=NCCCc2nc3c(s2)CCCC3)cc1.I. The van der Waals surface area contributed by atoms with Crippen molar-refractivity contribution in [2.24, 2.45) is 10.7 Å². The van der Waals surface area contributed by atoms with Crippen LogP contribution in [0.2, 0.25) is 0 Å². The molecule has 1 aromatic carbocycles. The van der Waals surface area contributed by atoms with Crippen molar-refractivity contribution >= 4 is 47.0 Å². The van der Waals surface area contributed by atoms with E-state index in [4.69, 9.17) is 10.7 Å². The summed E-state index contributed by atoms with van der Waals surface area (Å²) in [7, 11) is 0. The Bertz CT molecular complexity index is 670. The average molecular weight is 470 g/mol. The van der Waals surface area contributed by atoms with Crippen LogP contribution in [0.25, 0.3) is 0 Å². The van der Waals surface area contributed by atoms with Crippen molar-refractivity contribution in [1.82, 2.24) is 4.98 Å². The topological polar surface area (TPSA) is 63.3 Å². The van der Waals surface area contributed by atoms with Gasteiger partial charge < -0.3 is 11.1 Å². The first-order valence-corrected chi connectivity index (χ1v) is 9.69. The third-order valence-corrected chi connectivity index (χ3v) is 5.57. The van der Waals surface area contributed by atoms with E-state index in [1.54, 1.807) is 0 Å². The van der Waals surface area contributed by atoms with E-state index in [2.05, 4.69) is 29.4 Å². The van der Waals surface area contributed by atoms with E-state index >= 15 is 0 Å². The zero-order valence-electron chi connectivity index (χ0n) is 14.8. The second-order valence-corrected chi connectivity index (χ2v) is 7.40. The molecule has 0 atom stereocenters. The lowest BCUT2D eigenvalue weighted by Crippen LogP contribution is -2.22. The third kappa shape index (κ3) is 5.95. The van der Waals surface area contributed by atoms with Gasteiger partial charge in [0.05, 0.1) is 10.7 Å². The van der Waals surface area contributed by atoms with E-state index < -0.39 is 0 Å². The van der Waals surface area contributed by atoms with E-state index in [0.29, 0.717) is 5.96 Å². The van der Waals surface area contributed by atoms with Crippen molar-refractivity contribution in [3.8, 4) is 0 Å². The first kappa shape index (κ1) is 20.2. The molecule has 0 fully saturated rings. The lowest BCUT2D eigenvalue weighted by atomic mass is 10.0. The van der Waals surface area contributed by atoms with Crippen LogP contribution in [-0.2, 0) is 25.7 Å². The number of hydrogen-bond donors (Lipinski definition) is 2. The quantitative estimate of drug-likeness (QED) is 0.282. The Morgan fingerprint density at radius 1 is 1.24 bits per heavy atom. The predicted octanol–water partition coefficient (Wildman–Crippen LogP) is 4.56. The zero-order chi connectivity index (χ0) is 16.8. The molecule has 0 saturated heterocycles. The third-order valence-electron chi connectivity index (χ3n) is 4.36. The van der Waals surface area contributed by atoms with Crippen molar-refractivity contribution in [2.75, 3.05) is 11.9 Å². The van der Waals surface area contributed by atoms with Gasteiger partial charge in [-0.25, -0.2) is 4.98 Å². The molecule has 0 amide bonds. The Kier molecular flexibility index (Phi) is 8.15. The molecule has 0 unspecified atom stereocenters. The number of hydrogen-bond acceptors (Lipinski definition) is 3. The fourth-order valence-electron chi connectivity index (χ4n) is 2.95. The highest BCUT2D eigenvalue weighted by molar-refractivity contribution is 14.0. The van der Waals surface area contributed by atoms with Gasteiger partial charge in [-0.3, -0.25) is 4.99 Å². The van der Waals surface area contributed by atoms with Crippen molar-refractivity contribution in [3.05, 3.63) is 45.4 Å². The number of benzene rings is 1. The van der Waals surface area contributed by atoms with Crippen molar-refractivity contribution < 1.29 is 0 Å². The molecule has 0 bridgehead atoms. The van der Waals surface area contributed by atoms with Crippen LogP contribution in [0.1, 0.15) is 47.3 Å². The van der Waals surface area contributed by atoms with Gasteiger partial charge in [0.2, 0.25) is 0 Å². The number of anilines is 1. The Morgan fingerprint density at radius 3 is 2.72 bits per heavy atom. The summed E-state index contributed by atoms with van der Waals surface area (Å²) >= 11 is 1.89. The average Bonchev–Trinajstić information content (AvgIpc) is 3.02. The summed E-state index contributed by atoms with van der Waals surface area (Å²) < 4.78 is 0. The summed E-state index contributed by atoms with van der Waals surface area (Å²) in [6, 6.07) is 8.31. The molecule has 0 spiro atoms.